The summed E-state index contributed by atoms with van der Waals surface area (Å²) in [5, 5.41) is 9.99. The third-order valence-electron chi connectivity index (χ3n) is 3.20. The first-order valence-corrected chi connectivity index (χ1v) is 6.63. The van der Waals surface area contributed by atoms with E-state index in [4.69, 9.17) is 9.57 Å². The second-order valence-electron chi connectivity index (χ2n) is 4.54. The molecule has 100 valence electrons. The van der Waals surface area contributed by atoms with Gasteiger partial charge in [0.25, 0.3) is 0 Å². The van der Waals surface area contributed by atoms with Gasteiger partial charge in [-0.15, -0.1) is 0 Å². The summed E-state index contributed by atoms with van der Waals surface area (Å²) in [5.74, 6) is 0.722. The van der Waals surface area contributed by atoms with Gasteiger partial charge in [0.15, 0.2) is 11.5 Å². The van der Waals surface area contributed by atoms with Crippen molar-refractivity contribution in [3.05, 3.63) is 23.8 Å². The van der Waals surface area contributed by atoms with Crippen LogP contribution in [0.1, 0.15) is 38.2 Å². The van der Waals surface area contributed by atoms with Gasteiger partial charge in [0.05, 0.1) is 12.7 Å². The van der Waals surface area contributed by atoms with Crippen molar-refractivity contribution in [2.24, 2.45) is 0 Å². The van der Waals surface area contributed by atoms with Crippen molar-refractivity contribution in [3.63, 3.8) is 0 Å². The van der Waals surface area contributed by atoms with Crippen molar-refractivity contribution in [3.8, 4) is 11.5 Å². The SMILES string of the molecule is CCOc1cccc(CNOC2CCCC2)c1O. The third kappa shape index (κ3) is 3.37. The molecule has 1 saturated carbocycles. The molecule has 0 unspecified atom stereocenters. The molecule has 0 spiro atoms. The molecule has 2 N–H and O–H groups in total. The summed E-state index contributed by atoms with van der Waals surface area (Å²) in [6.07, 6.45) is 5.06. The molecule has 0 heterocycles. The summed E-state index contributed by atoms with van der Waals surface area (Å²) < 4.78 is 5.34. The molecule has 1 aromatic rings. The number of phenolic OH excluding ortho intramolecular Hbond substituents is 1. The van der Waals surface area contributed by atoms with Crippen molar-refractivity contribution < 1.29 is 14.7 Å². The summed E-state index contributed by atoms with van der Waals surface area (Å²) in [4.78, 5) is 5.56. The number of rotatable bonds is 6. The second kappa shape index (κ2) is 6.61. The van der Waals surface area contributed by atoms with Crippen LogP contribution in [0.5, 0.6) is 11.5 Å². The predicted molar refractivity (Wildman–Crippen MR) is 69.5 cm³/mol. The average Bonchev–Trinajstić information content (AvgIpc) is 2.87. The molecule has 0 radical (unpaired) electrons. The summed E-state index contributed by atoms with van der Waals surface area (Å²) in [6, 6.07) is 5.50. The van der Waals surface area contributed by atoms with E-state index in [9.17, 15) is 5.11 Å². The summed E-state index contributed by atoms with van der Waals surface area (Å²) >= 11 is 0. The van der Waals surface area contributed by atoms with E-state index in [0.29, 0.717) is 25.0 Å². The lowest BCUT2D eigenvalue weighted by Crippen LogP contribution is -2.21. The second-order valence-corrected chi connectivity index (χ2v) is 4.54. The molecule has 4 nitrogen and oxygen atoms in total. The fourth-order valence-corrected chi connectivity index (χ4v) is 2.23. The Labute approximate surface area is 108 Å². The number of hydroxylamine groups is 1. The van der Waals surface area contributed by atoms with Crippen molar-refractivity contribution in [1.29, 1.82) is 0 Å². The number of phenols is 1. The maximum atomic E-state index is 9.99. The van der Waals surface area contributed by atoms with Gasteiger partial charge in [-0.25, -0.2) is 0 Å². The largest absolute Gasteiger partial charge is 0.504 e. The van der Waals surface area contributed by atoms with Crippen LogP contribution in [0, 0.1) is 0 Å². The lowest BCUT2D eigenvalue weighted by atomic mass is 10.2. The van der Waals surface area contributed by atoms with Gasteiger partial charge < -0.3 is 9.84 Å². The van der Waals surface area contributed by atoms with Crippen LogP contribution in [0.3, 0.4) is 0 Å². The van der Waals surface area contributed by atoms with Crippen LogP contribution in [0.25, 0.3) is 0 Å². The Bertz CT molecular complexity index is 375. The van der Waals surface area contributed by atoms with Gasteiger partial charge in [0.2, 0.25) is 0 Å². The molecule has 4 heteroatoms. The molecule has 1 aliphatic carbocycles. The van der Waals surface area contributed by atoms with E-state index in [-0.39, 0.29) is 5.75 Å². The van der Waals surface area contributed by atoms with E-state index in [0.717, 1.165) is 18.4 Å². The van der Waals surface area contributed by atoms with E-state index in [1.807, 2.05) is 19.1 Å². The van der Waals surface area contributed by atoms with Crippen LogP contribution < -0.4 is 10.2 Å². The zero-order valence-corrected chi connectivity index (χ0v) is 10.8. The zero-order chi connectivity index (χ0) is 12.8. The fraction of sp³-hybridized carbons (Fsp3) is 0.571. The number of benzene rings is 1. The first kappa shape index (κ1) is 13.2. The van der Waals surface area contributed by atoms with Crippen LogP contribution in [-0.2, 0) is 11.4 Å². The minimum Gasteiger partial charge on any atom is -0.504 e. The molecule has 18 heavy (non-hydrogen) atoms. The quantitative estimate of drug-likeness (QED) is 0.763. The van der Waals surface area contributed by atoms with Crippen LogP contribution in [-0.4, -0.2) is 17.8 Å². The predicted octanol–water partition coefficient (Wildman–Crippen LogP) is 2.75. The normalized spacial score (nSPS) is 16.1. The highest BCUT2D eigenvalue weighted by atomic mass is 16.7. The molecule has 0 bridgehead atoms. The standard InChI is InChI=1S/C14H21NO3/c1-2-17-13-9-5-6-11(14(13)16)10-15-18-12-7-3-4-8-12/h5-6,9,12,15-16H,2-4,7-8,10H2,1H3. The van der Waals surface area contributed by atoms with E-state index in [1.165, 1.54) is 12.8 Å². The monoisotopic (exact) mass is 251 g/mol. The average molecular weight is 251 g/mol. The molecule has 2 rings (SSSR count). The molecule has 1 aromatic carbocycles. The molecule has 0 amide bonds. The Morgan fingerprint density at radius 2 is 2.11 bits per heavy atom. The van der Waals surface area contributed by atoms with Gasteiger partial charge in [-0.3, -0.25) is 4.84 Å². The summed E-state index contributed by atoms with van der Waals surface area (Å²) in [6.45, 7) is 2.93. The molecule has 0 atom stereocenters. The first-order chi connectivity index (χ1) is 8.81. The van der Waals surface area contributed by atoms with Gasteiger partial charge in [-0.05, 0) is 25.8 Å². The van der Waals surface area contributed by atoms with E-state index >= 15 is 0 Å². The van der Waals surface area contributed by atoms with Gasteiger partial charge in [-0.1, -0.05) is 25.0 Å². The van der Waals surface area contributed by atoms with Crippen molar-refractivity contribution in [2.45, 2.75) is 45.3 Å². The highest BCUT2D eigenvalue weighted by Gasteiger charge is 2.15. The smallest absolute Gasteiger partial charge is 0.162 e. The number of aromatic hydroxyl groups is 1. The first-order valence-electron chi connectivity index (χ1n) is 6.63. The van der Waals surface area contributed by atoms with E-state index in [2.05, 4.69) is 5.48 Å². The topological polar surface area (TPSA) is 50.7 Å². The number of hydrogen-bond acceptors (Lipinski definition) is 4. The minimum atomic E-state index is 0.196. The summed E-state index contributed by atoms with van der Waals surface area (Å²) in [5.41, 5.74) is 3.73. The van der Waals surface area contributed by atoms with Crippen molar-refractivity contribution in [2.75, 3.05) is 6.61 Å². The number of hydrogen-bond donors (Lipinski definition) is 2. The van der Waals surface area contributed by atoms with Crippen molar-refractivity contribution >= 4 is 0 Å². The van der Waals surface area contributed by atoms with Crippen LogP contribution in [0.2, 0.25) is 0 Å². The Hall–Kier alpha value is -1.26. The summed E-state index contributed by atoms with van der Waals surface area (Å²) in [7, 11) is 0. The van der Waals surface area contributed by atoms with Gasteiger partial charge >= 0.3 is 0 Å². The van der Waals surface area contributed by atoms with Gasteiger partial charge in [0.1, 0.15) is 0 Å². The zero-order valence-electron chi connectivity index (χ0n) is 10.8. The third-order valence-corrected chi connectivity index (χ3v) is 3.20. The van der Waals surface area contributed by atoms with Crippen molar-refractivity contribution in [1.82, 2.24) is 5.48 Å². The molecule has 0 saturated heterocycles. The maximum absolute atomic E-state index is 9.99. The van der Waals surface area contributed by atoms with E-state index < -0.39 is 0 Å². The molecule has 1 fully saturated rings. The fourth-order valence-electron chi connectivity index (χ4n) is 2.23. The van der Waals surface area contributed by atoms with Crippen LogP contribution in [0.15, 0.2) is 18.2 Å². The van der Waals surface area contributed by atoms with Crippen LogP contribution >= 0.6 is 0 Å². The number of nitrogens with one attached hydrogen (secondary N) is 1. The van der Waals surface area contributed by atoms with Gasteiger partial charge in [0, 0.05) is 12.1 Å². The molecule has 0 aromatic heterocycles. The highest BCUT2D eigenvalue weighted by Crippen LogP contribution is 2.29. The Kier molecular flexibility index (Phi) is 4.84. The lowest BCUT2D eigenvalue weighted by molar-refractivity contribution is -0.0246. The Balaban J connectivity index is 1.86. The Morgan fingerprint density at radius 1 is 1.33 bits per heavy atom. The minimum absolute atomic E-state index is 0.196. The molecular weight excluding hydrogens is 230 g/mol. The number of ether oxygens (including phenoxy) is 1. The number of para-hydroxylation sites is 1. The van der Waals surface area contributed by atoms with E-state index in [1.54, 1.807) is 6.07 Å². The molecular formula is C14H21NO3. The van der Waals surface area contributed by atoms with Crippen LogP contribution in [0.4, 0.5) is 0 Å². The molecule has 1 aliphatic rings. The Morgan fingerprint density at radius 3 is 2.83 bits per heavy atom. The highest BCUT2D eigenvalue weighted by molar-refractivity contribution is 5.45. The maximum Gasteiger partial charge on any atom is 0.162 e. The van der Waals surface area contributed by atoms with Gasteiger partial charge in [-0.2, -0.15) is 5.48 Å². The lowest BCUT2D eigenvalue weighted by Gasteiger charge is -2.13. The molecule has 0 aliphatic heterocycles.